The van der Waals surface area contributed by atoms with Crippen LogP contribution in [0.25, 0.3) is 5.95 Å². The summed E-state index contributed by atoms with van der Waals surface area (Å²) in [7, 11) is 0. The van der Waals surface area contributed by atoms with E-state index in [4.69, 9.17) is 0 Å². The molecule has 0 aliphatic carbocycles. The van der Waals surface area contributed by atoms with E-state index in [1.54, 1.807) is 23.3 Å². The Kier molecular flexibility index (Phi) is 4.47. The van der Waals surface area contributed by atoms with E-state index in [0.29, 0.717) is 11.6 Å². The topological polar surface area (TPSA) is 84.7 Å². The third-order valence-electron chi connectivity index (χ3n) is 3.84. The molecule has 0 unspecified atom stereocenters. The van der Waals surface area contributed by atoms with Crippen molar-refractivity contribution in [2.24, 2.45) is 0 Å². The van der Waals surface area contributed by atoms with Crippen LogP contribution in [0.4, 0.5) is 16.2 Å². The van der Waals surface area contributed by atoms with Crippen molar-refractivity contribution in [3.05, 3.63) is 59.4 Å². The molecule has 128 valence electrons. The highest BCUT2D eigenvalue weighted by Crippen LogP contribution is 2.15. The number of amides is 2. The van der Waals surface area contributed by atoms with E-state index in [1.807, 2.05) is 39.8 Å². The second-order valence-electron chi connectivity index (χ2n) is 6.01. The summed E-state index contributed by atoms with van der Waals surface area (Å²) in [6.07, 6.45) is 4.82. The number of carbonyl (C=O) groups is 1. The second-order valence-corrected chi connectivity index (χ2v) is 6.01. The van der Waals surface area contributed by atoms with Crippen molar-refractivity contribution in [1.82, 2.24) is 19.5 Å². The Hall–Kier alpha value is -3.22. The van der Waals surface area contributed by atoms with Crippen molar-refractivity contribution in [3.8, 4) is 5.95 Å². The number of nitrogens with zero attached hydrogens (tertiary/aromatic N) is 4. The van der Waals surface area contributed by atoms with E-state index < -0.39 is 0 Å². The molecule has 0 aliphatic heterocycles. The normalized spacial score (nSPS) is 10.6. The number of carbonyl (C=O) groups excluding carboxylic acids is 1. The van der Waals surface area contributed by atoms with Crippen LogP contribution in [0.3, 0.4) is 0 Å². The molecule has 7 nitrogen and oxygen atoms in total. The molecule has 3 aromatic rings. The summed E-state index contributed by atoms with van der Waals surface area (Å²) in [5, 5.41) is 5.54. The number of hydrogen-bond donors (Lipinski definition) is 2. The maximum Gasteiger partial charge on any atom is 0.323 e. The van der Waals surface area contributed by atoms with Crippen molar-refractivity contribution in [1.29, 1.82) is 0 Å². The molecule has 0 aliphatic rings. The number of urea groups is 1. The van der Waals surface area contributed by atoms with Crippen molar-refractivity contribution in [2.45, 2.75) is 27.7 Å². The molecule has 2 heterocycles. The van der Waals surface area contributed by atoms with Gasteiger partial charge in [0.2, 0.25) is 5.95 Å². The average Bonchev–Trinajstić information content (AvgIpc) is 2.87. The molecule has 3 rings (SSSR count). The van der Waals surface area contributed by atoms with E-state index in [-0.39, 0.29) is 6.03 Å². The number of imidazole rings is 1. The zero-order chi connectivity index (χ0) is 18.0. The summed E-state index contributed by atoms with van der Waals surface area (Å²) < 4.78 is 1.80. The molecular weight excluding hydrogens is 316 g/mol. The number of anilines is 2. The van der Waals surface area contributed by atoms with E-state index >= 15 is 0 Å². The van der Waals surface area contributed by atoms with Gasteiger partial charge in [-0.2, -0.15) is 0 Å². The molecular formula is C18H20N6O. The van der Waals surface area contributed by atoms with Crippen molar-refractivity contribution >= 4 is 17.4 Å². The first-order valence-corrected chi connectivity index (χ1v) is 7.91. The van der Waals surface area contributed by atoms with Gasteiger partial charge in [-0.05, 0) is 51.0 Å². The highest BCUT2D eigenvalue weighted by Gasteiger charge is 2.08. The lowest BCUT2D eigenvalue weighted by molar-refractivity contribution is 0.262. The number of nitrogens with one attached hydrogen (secondary N) is 2. The Labute approximate surface area is 146 Å². The third kappa shape index (κ3) is 3.82. The molecule has 0 bridgehead atoms. The summed E-state index contributed by atoms with van der Waals surface area (Å²) in [5.41, 5.74) is 5.35. The van der Waals surface area contributed by atoms with Gasteiger partial charge >= 0.3 is 6.03 Å². The molecule has 7 heteroatoms. The smallest absolute Gasteiger partial charge is 0.308 e. The van der Waals surface area contributed by atoms with Crippen molar-refractivity contribution in [2.75, 3.05) is 10.6 Å². The molecule has 0 spiro atoms. The lowest BCUT2D eigenvalue weighted by atomic mass is 10.1. The second kappa shape index (κ2) is 6.72. The zero-order valence-corrected chi connectivity index (χ0v) is 14.7. The lowest BCUT2D eigenvalue weighted by Gasteiger charge is -2.09. The Morgan fingerprint density at radius 2 is 1.48 bits per heavy atom. The van der Waals surface area contributed by atoms with Gasteiger partial charge in [0.15, 0.2) is 0 Å². The highest BCUT2D eigenvalue weighted by molar-refractivity contribution is 5.99. The van der Waals surface area contributed by atoms with Gasteiger partial charge in [-0.25, -0.2) is 19.7 Å². The summed E-state index contributed by atoms with van der Waals surface area (Å²) in [6, 6.07) is 5.54. The Morgan fingerprint density at radius 1 is 0.880 bits per heavy atom. The quantitative estimate of drug-likeness (QED) is 0.766. The van der Waals surface area contributed by atoms with Crippen LogP contribution in [-0.4, -0.2) is 25.6 Å². The van der Waals surface area contributed by atoms with Crippen LogP contribution in [-0.2, 0) is 0 Å². The van der Waals surface area contributed by atoms with Crippen LogP contribution in [0.1, 0.15) is 22.5 Å². The summed E-state index contributed by atoms with van der Waals surface area (Å²) in [6.45, 7) is 7.86. The van der Waals surface area contributed by atoms with E-state index in [1.165, 1.54) is 0 Å². The van der Waals surface area contributed by atoms with Gasteiger partial charge in [0, 0.05) is 11.4 Å². The monoisotopic (exact) mass is 336 g/mol. The van der Waals surface area contributed by atoms with Gasteiger partial charge in [0.1, 0.15) is 6.33 Å². The molecule has 2 amide bonds. The number of hydrogen-bond acceptors (Lipinski definition) is 4. The van der Waals surface area contributed by atoms with Crippen LogP contribution in [0.5, 0.6) is 0 Å². The van der Waals surface area contributed by atoms with E-state index in [0.717, 1.165) is 28.2 Å². The van der Waals surface area contributed by atoms with Gasteiger partial charge in [0.25, 0.3) is 0 Å². The van der Waals surface area contributed by atoms with Gasteiger partial charge in [0.05, 0.1) is 23.8 Å². The van der Waals surface area contributed by atoms with Gasteiger partial charge in [-0.15, -0.1) is 0 Å². The standard InChI is InChI=1S/C18H20N6O/c1-11-5-12(2)7-15(6-11)22-18(25)23-16-8-19-17(20-9-16)24-10-21-13(3)14(24)4/h5-10H,1-4H3,(H2,22,23,25). The third-order valence-corrected chi connectivity index (χ3v) is 3.84. The predicted molar refractivity (Wildman–Crippen MR) is 97.2 cm³/mol. The average molecular weight is 336 g/mol. The van der Waals surface area contributed by atoms with E-state index in [9.17, 15) is 4.79 Å². The zero-order valence-electron chi connectivity index (χ0n) is 14.7. The summed E-state index contributed by atoms with van der Waals surface area (Å²) >= 11 is 0. The Balaban J connectivity index is 1.68. The molecule has 0 saturated carbocycles. The minimum Gasteiger partial charge on any atom is -0.308 e. The SMILES string of the molecule is Cc1cc(C)cc(NC(=O)Nc2cnc(-n3cnc(C)c3C)nc2)c1. The first-order chi connectivity index (χ1) is 11.9. The summed E-state index contributed by atoms with van der Waals surface area (Å²) in [5.74, 6) is 0.512. The maximum absolute atomic E-state index is 12.1. The molecule has 2 N–H and O–H groups in total. The molecule has 0 saturated heterocycles. The number of rotatable bonds is 3. The van der Waals surface area contributed by atoms with Crippen molar-refractivity contribution < 1.29 is 4.79 Å². The molecule has 0 fully saturated rings. The number of benzene rings is 1. The highest BCUT2D eigenvalue weighted by atomic mass is 16.2. The largest absolute Gasteiger partial charge is 0.323 e. The minimum atomic E-state index is -0.337. The van der Waals surface area contributed by atoms with E-state index in [2.05, 4.69) is 31.7 Å². The van der Waals surface area contributed by atoms with Gasteiger partial charge in [-0.1, -0.05) is 6.07 Å². The van der Waals surface area contributed by atoms with Crippen LogP contribution in [0.2, 0.25) is 0 Å². The molecule has 2 aromatic heterocycles. The first kappa shape index (κ1) is 16.6. The Bertz CT molecular complexity index is 894. The molecule has 0 atom stereocenters. The van der Waals surface area contributed by atoms with Crippen LogP contribution in [0, 0.1) is 27.7 Å². The fraction of sp³-hybridized carbons (Fsp3) is 0.222. The fourth-order valence-electron chi connectivity index (χ4n) is 2.55. The molecule has 0 radical (unpaired) electrons. The van der Waals surface area contributed by atoms with Crippen LogP contribution >= 0.6 is 0 Å². The Morgan fingerprint density at radius 3 is 2.04 bits per heavy atom. The van der Waals surface area contributed by atoms with Crippen molar-refractivity contribution in [3.63, 3.8) is 0 Å². The van der Waals surface area contributed by atoms with Gasteiger partial charge in [-0.3, -0.25) is 4.57 Å². The number of aromatic nitrogens is 4. The molecule has 25 heavy (non-hydrogen) atoms. The van der Waals surface area contributed by atoms with Crippen LogP contribution < -0.4 is 10.6 Å². The van der Waals surface area contributed by atoms with Crippen LogP contribution in [0.15, 0.2) is 36.9 Å². The fourth-order valence-corrected chi connectivity index (χ4v) is 2.55. The van der Waals surface area contributed by atoms with Gasteiger partial charge < -0.3 is 10.6 Å². The predicted octanol–water partition coefficient (Wildman–Crippen LogP) is 3.54. The maximum atomic E-state index is 12.1. The molecule has 1 aromatic carbocycles. The number of aryl methyl sites for hydroxylation is 3. The summed E-state index contributed by atoms with van der Waals surface area (Å²) in [4.78, 5) is 24.9. The lowest BCUT2D eigenvalue weighted by Crippen LogP contribution is -2.20. The minimum absolute atomic E-state index is 0.337. The first-order valence-electron chi connectivity index (χ1n) is 7.91.